The first-order valence-electron chi connectivity index (χ1n) is 6.59. The van der Waals surface area contributed by atoms with E-state index >= 15 is 0 Å². The molecule has 1 unspecified atom stereocenters. The number of benzene rings is 1. The van der Waals surface area contributed by atoms with Crippen molar-refractivity contribution in [3.05, 3.63) is 32.7 Å². The van der Waals surface area contributed by atoms with E-state index in [0.29, 0.717) is 0 Å². The number of halogens is 1. The van der Waals surface area contributed by atoms with Crippen molar-refractivity contribution in [3.8, 4) is 0 Å². The van der Waals surface area contributed by atoms with Gasteiger partial charge in [0.15, 0.2) is 0 Å². The van der Waals surface area contributed by atoms with Crippen molar-refractivity contribution in [2.75, 3.05) is 0 Å². The Morgan fingerprint density at radius 1 is 1.26 bits per heavy atom. The van der Waals surface area contributed by atoms with E-state index in [1.165, 1.54) is 12.8 Å². The lowest BCUT2D eigenvalue weighted by Gasteiger charge is -2.31. The van der Waals surface area contributed by atoms with Crippen LogP contribution in [-0.4, -0.2) is 15.1 Å². The fraction of sp³-hybridized carbons (Fsp3) is 0.500. The maximum atomic E-state index is 11.3. The number of imidazole rings is 1. The third kappa shape index (κ3) is 2.15. The van der Waals surface area contributed by atoms with Crippen molar-refractivity contribution < 1.29 is 5.11 Å². The van der Waals surface area contributed by atoms with Crippen LogP contribution in [0.25, 0.3) is 11.0 Å². The predicted octanol–water partition coefficient (Wildman–Crippen LogP) is 3.23. The van der Waals surface area contributed by atoms with Crippen molar-refractivity contribution in [3.63, 3.8) is 0 Å². The van der Waals surface area contributed by atoms with Crippen LogP contribution in [0.4, 0.5) is 0 Å². The van der Waals surface area contributed by atoms with Crippen LogP contribution in [0.1, 0.15) is 44.3 Å². The van der Waals surface area contributed by atoms with Crippen molar-refractivity contribution in [2.24, 2.45) is 5.41 Å². The number of nitrogens with one attached hydrogen (secondary N) is 2. The number of hydrogen-bond donors (Lipinski definition) is 3. The van der Waals surface area contributed by atoms with Crippen LogP contribution in [0.2, 0.25) is 0 Å². The number of hydrogen-bond acceptors (Lipinski definition) is 2. The minimum atomic E-state index is -0.507. The van der Waals surface area contributed by atoms with Gasteiger partial charge < -0.3 is 15.1 Å². The van der Waals surface area contributed by atoms with Gasteiger partial charge in [-0.2, -0.15) is 0 Å². The monoisotopic (exact) mass is 324 g/mol. The van der Waals surface area contributed by atoms with E-state index < -0.39 is 6.10 Å². The zero-order valence-electron chi connectivity index (χ0n) is 10.8. The number of aliphatic hydroxyl groups is 1. The van der Waals surface area contributed by atoms with Gasteiger partial charge >= 0.3 is 5.69 Å². The van der Waals surface area contributed by atoms with Crippen molar-refractivity contribution >= 4 is 27.0 Å². The quantitative estimate of drug-likeness (QED) is 0.793. The molecule has 0 spiro atoms. The number of H-pyrrole nitrogens is 2. The maximum absolute atomic E-state index is 11.3. The highest BCUT2D eigenvalue weighted by atomic mass is 79.9. The molecule has 1 fully saturated rings. The Balaban J connectivity index is 2.08. The fourth-order valence-electron chi connectivity index (χ4n) is 3.11. The van der Waals surface area contributed by atoms with Crippen LogP contribution in [0.3, 0.4) is 0 Å². The molecule has 1 aromatic heterocycles. The summed E-state index contributed by atoms with van der Waals surface area (Å²) >= 11 is 3.50. The molecule has 2 aromatic rings. The first-order valence-corrected chi connectivity index (χ1v) is 7.38. The summed E-state index contributed by atoms with van der Waals surface area (Å²) in [5, 5.41) is 10.7. The summed E-state index contributed by atoms with van der Waals surface area (Å²) in [6, 6.07) is 3.72. The topological polar surface area (TPSA) is 68.9 Å². The smallest absolute Gasteiger partial charge is 0.323 e. The van der Waals surface area contributed by atoms with Crippen molar-refractivity contribution in [1.29, 1.82) is 0 Å². The molecule has 0 bridgehead atoms. The molecule has 4 nitrogen and oxygen atoms in total. The molecule has 0 aliphatic heterocycles. The number of fused-ring (bicyclic) bond motifs is 1. The molecule has 1 aliphatic carbocycles. The van der Waals surface area contributed by atoms with Crippen LogP contribution < -0.4 is 5.69 Å². The molecule has 102 valence electrons. The van der Waals surface area contributed by atoms with E-state index in [2.05, 4.69) is 32.8 Å². The summed E-state index contributed by atoms with van der Waals surface area (Å²) in [4.78, 5) is 16.8. The van der Waals surface area contributed by atoms with Crippen LogP contribution in [0.15, 0.2) is 21.4 Å². The number of aromatic amines is 2. The van der Waals surface area contributed by atoms with E-state index in [1.54, 1.807) is 0 Å². The predicted molar refractivity (Wildman–Crippen MR) is 78.2 cm³/mol. The fourth-order valence-corrected chi connectivity index (χ4v) is 3.67. The van der Waals surface area contributed by atoms with Gasteiger partial charge in [0.2, 0.25) is 0 Å². The second-order valence-electron chi connectivity index (χ2n) is 5.76. The first-order chi connectivity index (χ1) is 8.99. The third-order valence-electron chi connectivity index (χ3n) is 4.33. The number of rotatable bonds is 2. The van der Waals surface area contributed by atoms with Crippen LogP contribution in [0.5, 0.6) is 0 Å². The minimum Gasteiger partial charge on any atom is -0.388 e. The number of aliphatic hydroxyl groups excluding tert-OH is 1. The molecular formula is C14H17BrN2O2. The SMILES string of the molecule is CC1(C(O)c2cc3[nH]c(=O)[nH]c3cc2Br)CCCC1. The van der Waals surface area contributed by atoms with Gasteiger partial charge in [-0.25, -0.2) is 4.79 Å². The Morgan fingerprint density at radius 2 is 1.84 bits per heavy atom. The second-order valence-corrected chi connectivity index (χ2v) is 6.62. The lowest BCUT2D eigenvalue weighted by molar-refractivity contribution is 0.0403. The Kier molecular flexibility index (Phi) is 3.06. The van der Waals surface area contributed by atoms with Crippen molar-refractivity contribution in [2.45, 2.75) is 38.7 Å². The third-order valence-corrected chi connectivity index (χ3v) is 5.02. The van der Waals surface area contributed by atoms with Crippen LogP contribution in [-0.2, 0) is 0 Å². The minimum absolute atomic E-state index is 0.0627. The van der Waals surface area contributed by atoms with Crippen LogP contribution >= 0.6 is 15.9 Å². The molecule has 3 N–H and O–H groups in total. The Hall–Kier alpha value is -1.07. The van der Waals surface area contributed by atoms with E-state index in [9.17, 15) is 9.90 Å². The highest BCUT2D eigenvalue weighted by Gasteiger charge is 2.37. The van der Waals surface area contributed by atoms with E-state index in [0.717, 1.165) is 33.9 Å². The highest BCUT2D eigenvalue weighted by molar-refractivity contribution is 9.10. The molecule has 1 aromatic carbocycles. The first kappa shape index (κ1) is 12.9. The summed E-state index contributed by atoms with van der Waals surface area (Å²) in [5.74, 6) is 0. The van der Waals surface area contributed by atoms with Gasteiger partial charge in [-0.1, -0.05) is 35.7 Å². The molecule has 0 saturated heterocycles. The molecule has 1 aliphatic rings. The van der Waals surface area contributed by atoms with Gasteiger partial charge in [0, 0.05) is 4.47 Å². The van der Waals surface area contributed by atoms with Gasteiger partial charge in [0.25, 0.3) is 0 Å². The summed E-state index contributed by atoms with van der Waals surface area (Å²) in [6.45, 7) is 2.14. The van der Waals surface area contributed by atoms with Crippen LogP contribution in [0, 0.1) is 5.41 Å². The Bertz CT molecular complexity index is 668. The molecule has 1 heterocycles. The van der Waals surface area contributed by atoms with E-state index in [-0.39, 0.29) is 11.1 Å². The maximum Gasteiger partial charge on any atom is 0.323 e. The Labute approximate surface area is 119 Å². The summed E-state index contributed by atoms with van der Waals surface area (Å²) in [5.41, 5.74) is 2.06. The molecule has 1 atom stereocenters. The zero-order chi connectivity index (χ0) is 13.6. The molecule has 5 heteroatoms. The standard InChI is InChI=1S/C14H17BrN2O2/c1-14(4-2-3-5-14)12(18)8-6-10-11(7-9(8)15)17-13(19)16-10/h6-7,12,18H,2-5H2,1H3,(H2,16,17,19). The summed E-state index contributed by atoms with van der Waals surface area (Å²) in [6.07, 6.45) is 3.93. The molecule has 0 radical (unpaired) electrons. The van der Waals surface area contributed by atoms with Gasteiger partial charge in [-0.15, -0.1) is 0 Å². The normalized spacial score (nSPS) is 19.9. The molecule has 0 amide bonds. The molecule has 3 rings (SSSR count). The zero-order valence-corrected chi connectivity index (χ0v) is 12.4. The average molecular weight is 325 g/mol. The lowest BCUT2D eigenvalue weighted by atomic mass is 9.79. The summed E-state index contributed by atoms with van der Waals surface area (Å²) < 4.78 is 0.843. The highest BCUT2D eigenvalue weighted by Crippen LogP contribution is 2.48. The molecular weight excluding hydrogens is 308 g/mol. The van der Waals surface area contributed by atoms with Gasteiger partial charge in [-0.05, 0) is 36.0 Å². The lowest BCUT2D eigenvalue weighted by Crippen LogP contribution is -2.22. The average Bonchev–Trinajstić information content (AvgIpc) is 2.93. The second kappa shape index (κ2) is 4.49. The van der Waals surface area contributed by atoms with E-state index in [1.807, 2.05) is 12.1 Å². The largest absolute Gasteiger partial charge is 0.388 e. The van der Waals surface area contributed by atoms with Gasteiger partial charge in [0.1, 0.15) is 0 Å². The summed E-state index contributed by atoms with van der Waals surface area (Å²) in [7, 11) is 0. The van der Waals surface area contributed by atoms with Gasteiger partial charge in [-0.3, -0.25) is 0 Å². The molecule has 1 saturated carbocycles. The van der Waals surface area contributed by atoms with Gasteiger partial charge in [0.05, 0.1) is 17.1 Å². The number of aromatic nitrogens is 2. The van der Waals surface area contributed by atoms with E-state index in [4.69, 9.17) is 0 Å². The molecule has 19 heavy (non-hydrogen) atoms. The van der Waals surface area contributed by atoms with Crippen molar-refractivity contribution in [1.82, 2.24) is 9.97 Å². The Morgan fingerprint density at radius 3 is 2.47 bits per heavy atom.